The molecule has 0 aliphatic rings. The van der Waals surface area contributed by atoms with Crippen LogP contribution in [0.1, 0.15) is 6.92 Å². The van der Waals surface area contributed by atoms with Crippen molar-refractivity contribution in [2.45, 2.75) is 6.92 Å². The summed E-state index contributed by atoms with van der Waals surface area (Å²) in [4.78, 5) is 27.1. The van der Waals surface area contributed by atoms with E-state index in [1.165, 1.54) is 4.68 Å². The molecule has 162 valence electrons. The van der Waals surface area contributed by atoms with Crippen LogP contribution in [0.15, 0.2) is 120 Å². The summed E-state index contributed by atoms with van der Waals surface area (Å²) in [5.41, 5.74) is 0.948. The predicted octanol–water partition coefficient (Wildman–Crippen LogP) is 3.89. The topological polar surface area (TPSA) is 54.9 Å². The third kappa shape index (κ3) is 3.40. The molecule has 5 heteroatoms. The second kappa shape index (κ2) is 8.57. The zero-order valence-electron chi connectivity index (χ0n) is 18.2. The van der Waals surface area contributed by atoms with Crippen LogP contribution in [0.25, 0.3) is 10.9 Å². The molecule has 0 saturated heterocycles. The van der Waals surface area contributed by atoms with Crippen LogP contribution in [0.5, 0.6) is 0 Å². The lowest BCUT2D eigenvalue weighted by Gasteiger charge is -2.31. The van der Waals surface area contributed by atoms with Crippen molar-refractivity contribution >= 4 is 44.9 Å². The first-order valence-corrected chi connectivity index (χ1v) is 12.6. The van der Waals surface area contributed by atoms with Gasteiger partial charge < -0.3 is 0 Å². The summed E-state index contributed by atoms with van der Waals surface area (Å²) in [7, 11) is 0. The van der Waals surface area contributed by atoms with Crippen LogP contribution in [-0.4, -0.2) is 21.0 Å². The zero-order valence-corrected chi connectivity index (χ0v) is 19.1. The van der Waals surface area contributed by atoms with Gasteiger partial charge >= 0.3 is 0 Å². The maximum Gasteiger partial charge on any atom is 0.279 e. The number of ketones is 1. The fourth-order valence-corrected chi connectivity index (χ4v) is 8.92. The lowest BCUT2D eigenvalue weighted by atomic mass is 10.3. The Labute approximate surface area is 192 Å². The largest absolute Gasteiger partial charge is 0.293 e. The van der Waals surface area contributed by atoms with Gasteiger partial charge in [-0.25, -0.2) is 4.68 Å². The molecule has 4 aromatic carbocycles. The van der Waals surface area contributed by atoms with Gasteiger partial charge in [0.05, 0.1) is 10.9 Å². The van der Waals surface area contributed by atoms with Crippen molar-refractivity contribution in [3.05, 3.63) is 126 Å². The Kier molecular flexibility index (Phi) is 5.45. The second-order valence-corrected chi connectivity index (χ2v) is 11.2. The van der Waals surface area contributed by atoms with Gasteiger partial charge in [0.1, 0.15) is 5.42 Å². The van der Waals surface area contributed by atoms with Gasteiger partial charge in [0.15, 0.2) is 5.78 Å². The zero-order chi connectivity index (χ0) is 22.8. The van der Waals surface area contributed by atoms with E-state index in [0.717, 1.165) is 15.9 Å². The predicted molar refractivity (Wildman–Crippen MR) is 139 cm³/mol. The van der Waals surface area contributed by atoms with Gasteiger partial charge in [-0.1, -0.05) is 103 Å². The SMILES string of the molecule is CC(=O)C(n1[nH]c2ccccc2c1=O)=P(c1ccccc1)(c1ccccc1)c1ccccc1. The summed E-state index contributed by atoms with van der Waals surface area (Å²) in [6.07, 6.45) is 0. The van der Waals surface area contributed by atoms with Gasteiger partial charge in [0, 0.05) is 13.8 Å². The summed E-state index contributed by atoms with van der Waals surface area (Å²) >= 11 is 0. The van der Waals surface area contributed by atoms with Crippen molar-refractivity contribution in [2.75, 3.05) is 0 Å². The van der Waals surface area contributed by atoms with E-state index in [1.807, 2.05) is 72.8 Å². The number of hydrogen-bond donors (Lipinski definition) is 1. The molecule has 0 spiro atoms. The maximum absolute atomic E-state index is 13.6. The first-order valence-electron chi connectivity index (χ1n) is 10.8. The third-order valence-corrected chi connectivity index (χ3v) is 10.2. The highest BCUT2D eigenvalue weighted by Crippen LogP contribution is 2.46. The van der Waals surface area contributed by atoms with Gasteiger partial charge in [-0.15, -0.1) is 0 Å². The molecular weight excluding hydrogens is 427 g/mol. The highest BCUT2D eigenvalue weighted by atomic mass is 31.2. The number of hydrogen-bond acceptors (Lipinski definition) is 2. The average Bonchev–Trinajstić information content (AvgIpc) is 3.19. The average molecular weight is 450 g/mol. The molecule has 0 saturated carbocycles. The third-order valence-electron chi connectivity index (χ3n) is 5.87. The Balaban J connectivity index is 2.09. The van der Waals surface area contributed by atoms with Gasteiger partial charge in [-0.2, -0.15) is 0 Å². The Morgan fingerprint density at radius 2 is 1.09 bits per heavy atom. The second-order valence-electron chi connectivity index (χ2n) is 7.86. The monoisotopic (exact) mass is 450 g/mol. The highest BCUT2D eigenvalue weighted by molar-refractivity contribution is 7.96. The minimum absolute atomic E-state index is 0.145. The summed E-state index contributed by atoms with van der Waals surface area (Å²) in [5.74, 6) is -0.145. The number of aromatic amines is 1. The quantitative estimate of drug-likeness (QED) is 0.413. The fourth-order valence-electron chi connectivity index (χ4n) is 4.52. The minimum atomic E-state index is -2.72. The molecule has 5 aromatic rings. The van der Waals surface area contributed by atoms with E-state index >= 15 is 0 Å². The van der Waals surface area contributed by atoms with Crippen molar-refractivity contribution in [1.29, 1.82) is 0 Å². The van der Waals surface area contributed by atoms with Crippen molar-refractivity contribution < 1.29 is 4.79 Å². The number of carbonyl (C=O) groups excluding carboxylic acids is 1. The highest BCUT2D eigenvalue weighted by Gasteiger charge is 2.34. The summed E-state index contributed by atoms with van der Waals surface area (Å²) in [6.45, 7) is -1.17. The van der Waals surface area contributed by atoms with E-state index in [-0.39, 0.29) is 11.3 Å². The van der Waals surface area contributed by atoms with Crippen LogP contribution in [0.3, 0.4) is 0 Å². The molecule has 1 aromatic heterocycles. The minimum Gasteiger partial charge on any atom is -0.293 e. The van der Waals surface area contributed by atoms with E-state index in [9.17, 15) is 9.59 Å². The molecular formula is C28H23N2O2P. The van der Waals surface area contributed by atoms with Crippen LogP contribution < -0.4 is 21.5 Å². The van der Waals surface area contributed by atoms with E-state index < -0.39 is 6.89 Å². The standard InChI is InChI=1S/C28H23N2O2P/c1-21(31)28(30-27(32)25-19-11-12-20-26(25)29-30)33(22-13-5-2-6-14-22,23-15-7-3-8-16-23)24-17-9-4-10-18-24/h2-20,29H,1H3. The molecule has 0 fully saturated rings. The lowest BCUT2D eigenvalue weighted by molar-refractivity contribution is -0.111. The fraction of sp³-hybridized carbons (Fsp3) is 0.0357. The van der Waals surface area contributed by atoms with Crippen molar-refractivity contribution in [3.63, 3.8) is 0 Å². The maximum atomic E-state index is 13.6. The molecule has 5 rings (SSSR count). The van der Waals surface area contributed by atoms with Gasteiger partial charge in [-0.05, 0) is 28.0 Å². The van der Waals surface area contributed by atoms with Crippen molar-refractivity contribution in [3.8, 4) is 0 Å². The summed E-state index contributed by atoms with van der Waals surface area (Å²) in [5, 5.41) is 6.83. The van der Waals surface area contributed by atoms with E-state index in [2.05, 4.69) is 41.5 Å². The molecule has 0 amide bonds. The number of nitrogens with one attached hydrogen (secondary N) is 1. The van der Waals surface area contributed by atoms with Gasteiger partial charge in [0.2, 0.25) is 0 Å². The Morgan fingerprint density at radius 1 is 0.667 bits per heavy atom. The van der Waals surface area contributed by atoms with E-state index in [1.54, 1.807) is 13.0 Å². The van der Waals surface area contributed by atoms with Crippen LogP contribution in [0, 0.1) is 0 Å². The smallest absolute Gasteiger partial charge is 0.279 e. The number of nitrogens with zero attached hydrogens (tertiary/aromatic N) is 1. The van der Waals surface area contributed by atoms with Crippen LogP contribution in [0.4, 0.5) is 0 Å². The first-order chi connectivity index (χ1) is 16.1. The number of H-pyrrole nitrogens is 1. The molecule has 0 unspecified atom stereocenters. The summed E-state index contributed by atoms with van der Waals surface area (Å²) in [6, 6.07) is 37.6. The van der Waals surface area contributed by atoms with Crippen LogP contribution >= 0.6 is 6.89 Å². The normalized spacial score (nSPS) is 11.4. The number of aromatic nitrogens is 2. The molecule has 0 atom stereocenters. The molecule has 0 radical (unpaired) electrons. The molecule has 33 heavy (non-hydrogen) atoms. The summed E-state index contributed by atoms with van der Waals surface area (Å²) < 4.78 is 1.48. The number of fused-ring (bicyclic) bond motifs is 1. The molecule has 1 heterocycles. The number of para-hydroxylation sites is 1. The first kappa shape index (κ1) is 21.0. The number of carbonyl (C=O) groups is 1. The number of Topliss-reactive ketones (excluding diaryl/α,β-unsaturated/α-hetero) is 1. The Hall–Kier alpha value is -3.88. The number of rotatable bonds is 5. The Morgan fingerprint density at radius 3 is 1.52 bits per heavy atom. The molecule has 0 aliphatic carbocycles. The number of benzene rings is 4. The molecule has 4 nitrogen and oxygen atoms in total. The van der Waals surface area contributed by atoms with Crippen molar-refractivity contribution in [2.24, 2.45) is 0 Å². The lowest BCUT2D eigenvalue weighted by Crippen LogP contribution is -2.40. The van der Waals surface area contributed by atoms with E-state index in [0.29, 0.717) is 16.3 Å². The van der Waals surface area contributed by atoms with Gasteiger partial charge in [-0.3, -0.25) is 14.7 Å². The Bertz CT molecular complexity index is 1450. The molecule has 1 N–H and O–H groups in total. The molecule has 0 aliphatic heterocycles. The van der Waals surface area contributed by atoms with Gasteiger partial charge in [0.25, 0.3) is 5.56 Å². The van der Waals surface area contributed by atoms with Crippen LogP contribution in [0.2, 0.25) is 0 Å². The van der Waals surface area contributed by atoms with Crippen LogP contribution in [-0.2, 0) is 4.79 Å². The van der Waals surface area contributed by atoms with Crippen molar-refractivity contribution in [1.82, 2.24) is 9.78 Å². The van der Waals surface area contributed by atoms with E-state index in [4.69, 9.17) is 0 Å². The molecule has 0 bridgehead atoms.